The molecule has 12 rings (SSSR count). The summed E-state index contributed by atoms with van der Waals surface area (Å²) in [5.41, 5.74) is 18.8. The van der Waals surface area contributed by atoms with E-state index in [4.69, 9.17) is 31.5 Å². The van der Waals surface area contributed by atoms with Crippen molar-refractivity contribution in [2.75, 3.05) is 96.1 Å². The van der Waals surface area contributed by atoms with E-state index in [2.05, 4.69) is 106 Å². The van der Waals surface area contributed by atoms with Crippen molar-refractivity contribution >= 4 is 69.1 Å². The fourth-order valence-electron chi connectivity index (χ4n) is 11.8. The van der Waals surface area contributed by atoms with Gasteiger partial charge in [-0.05, 0) is 186 Å². The van der Waals surface area contributed by atoms with Gasteiger partial charge in [-0.3, -0.25) is 24.7 Å². The Morgan fingerprint density at radius 2 is 0.912 bits per heavy atom. The average Bonchev–Trinajstić information content (AvgIpc) is 1.76. The number of nitrogen functional groups attached to an aromatic ring is 1. The Labute approximate surface area is 539 Å². The zero-order chi connectivity index (χ0) is 64.0. The molecule has 4 aliphatic heterocycles. The van der Waals surface area contributed by atoms with Crippen LogP contribution >= 0.6 is 11.6 Å². The Balaban J connectivity index is 0.000000175. The van der Waals surface area contributed by atoms with Crippen molar-refractivity contribution in [2.45, 2.75) is 79.7 Å². The number of halogens is 1. The van der Waals surface area contributed by atoms with E-state index in [1.807, 2.05) is 133 Å². The molecule has 91 heavy (non-hydrogen) atoms. The fourth-order valence-corrected chi connectivity index (χ4v) is 11.8. The fraction of sp³-hybridized carbons (Fsp3) is 0.297. The van der Waals surface area contributed by atoms with E-state index in [-0.39, 0.29) is 24.0 Å². The number of piperazine rings is 2. The van der Waals surface area contributed by atoms with Crippen LogP contribution in [0.3, 0.4) is 0 Å². The van der Waals surface area contributed by atoms with Crippen molar-refractivity contribution < 1.29 is 38.1 Å². The Hall–Kier alpha value is -9.35. The van der Waals surface area contributed by atoms with Gasteiger partial charge < -0.3 is 44.3 Å². The third kappa shape index (κ3) is 17.5. The number of benzene rings is 8. The first kappa shape index (κ1) is 64.6. The minimum absolute atomic E-state index is 0.0123. The second kappa shape index (κ2) is 30.4. The van der Waals surface area contributed by atoms with Gasteiger partial charge in [-0.2, -0.15) is 0 Å². The van der Waals surface area contributed by atoms with Gasteiger partial charge in [0.15, 0.2) is 0 Å². The Kier molecular flexibility index (Phi) is 21.6. The molecule has 3 N–H and O–H groups in total. The standard InChI is InChI=1S/C37H40N4O4.C29H34N4O2.C8H7ClO2/c1-26(2)44-35-10-5-4-9-34(35)40-21-19-39(20-22-40)25-28-7-6-8-30(23-28)36(42)41-18-17-29-24-31(13-16-33(29)41)38-37(43)45-32-14-11-27(3)12-15-32;1-21(2)35-28-9-4-3-8-27(28)32-16-14-31(15-17-32)20-22-6-5-7-24(18-22)29(34)33-13-12-23-19-25(30)10-11-26(23)33;1-6-2-4-7(5-3-6)11-8(9)10/h4-16,23-24,26H,17-22,25H2,1-3H3,(H,38,43);3-11,18-19,21H,12-17,20,30H2,1-2H3;2-5H,1H3. The normalized spacial score (nSPS) is 14.6. The van der Waals surface area contributed by atoms with Crippen LogP contribution in [0.25, 0.3) is 0 Å². The number of hydrogen-bond donors (Lipinski definition) is 2. The van der Waals surface area contributed by atoms with Crippen LogP contribution in [0.1, 0.15) is 81.8 Å². The summed E-state index contributed by atoms with van der Waals surface area (Å²) in [7, 11) is 0. The lowest BCUT2D eigenvalue weighted by Gasteiger charge is -2.37. The first-order chi connectivity index (χ1) is 44.0. The Morgan fingerprint density at radius 1 is 0.473 bits per heavy atom. The van der Waals surface area contributed by atoms with Crippen molar-refractivity contribution in [2.24, 2.45) is 0 Å². The molecule has 0 radical (unpaired) electrons. The van der Waals surface area contributed by atoms with Gasteiger partial charge in [0.2, 0.25) is 0 Å². The number of nitrogens with zero attached hydrogens (tertiary/aromatic N) is 6. The molecule has 4 aliphatic rings. The zero-order valence-corrected chi connectivity index (χ0v) is 53.5. The average molecular weight is 1250 g/mol. The number of amides is 3. The SMILES string of the molecule is CC(C)Oc1ccccc1N1CCN(Cc2cccc(C(=O)N3CCc4cc(N)ccc43)c2)CC1.Cc1ccc(OC(=O)Cl)cc1.Cc1ccc(OC(=O)Nc2ccc3c(c2)CCN3C(=O)c2cccc(CN3CCN(c4ccccc4OC(C)C)CC3)c2)cc1. The van der Waals surface area contributed by atoms with E-state index in [9.17, 15) is 19.2 Å². The summed E-state index contributed by atoms with van der Waals surface area (Å²) < 4.78 is 22.1. The lowest BCUT2D eigenvalue weighted by molar-refractivity contribution is 0.0981. The number of carbonyl (C=O) groups is 4. The molecular weight excluding hydrogens is 1160 g/mol. The van der Waals surface area contributed by atoms with Crippen LogP contribution < -0.4 is 49.6 Å². The van der Waals surface area contributed by atoms with Crippen molar-refractivity contribution in [3.8, 4) is 23.0 Å². The third-order valence-corrected chi connectivity index (χ3v) is 16.3. The number of anilines is 6. The highest BCUT2D eigenvalue weighted by molar-refractivity contribution is 6.61. The van der Waals surface area contributed by atoms with Gasteiger partial charge in [-0.15, -0.1) is 0 Å². The van der Waals surface area contributed by atoms with Gasteiger partial charge in [0, 0.05) is 124 Å². The predicted molar refractivity (Wildman–Crippen MR) is 364 cm³/mol. The zero-order valence-electron chi connectivity index (χ0n) is 52.8. The van der Waals surface area contributed by atoms with Crippen LogP contribution in [0.5, 0.6) is 23.0 Å². The highest BCUT2D eigenvalue weighted by atomic mass is 35.5. The molecule has 16 nitrogen and oxygen atoms in total. The highest BCUT2D eigenvalue weighted by Gasteiger charge is 2.29. The van der Waals surface area contributed by atoms with E-state index in [1.165, 1.54) is 11.3 Å². The van der Waals surface area contributed by atoms with Crippen LogP contribution in [-0.4, -0.2) is 111 Å². The van der Waals surface area contributed by atoms with Crippen molar-refractivity contribution in [1.29, 1.82) is 0 Å². The van der Waals surface area contributed by atoms with E-state index < -0.39 is 11.5 Å². The summed E-state index contributed by atoms with van der Waals surface area (Å²) in [6.45, 7) is 22.6. The molecular formula is C74H81ClN8O8. The predicted octanol–water partition coefficient (Wildman–Crippen LogP) is 14.2. The lowest BCUT2D eigenvalue weighted by Crippen LogP contribution is -2.46. The first-order valence-corrected chi connectivity index (χ1v) is 31.6. The maximum Gasteiger partial charge on any atom is 0.417 e. The topological polar surface area (TPSA) is 163 Å². The van der Waals surface area contributed by atoms with Crippen LogP contribution in [0.2, 0.25) is 0 Å². The molecule has 0 aromatic heterocycles. The van der Waals surface area contributed by atoms with E-state index in [1.54, 1.807) is 24.3 Å². The van der Waals surface area contributed by atoms with Gasteiger partial charge in [0.05, 0.1) is 23.6 Å². The third-order valence-electron chi connectivity index (χ3n) is 16.2. The van der Waals surface area contributed by atoms with E-state index in [0.717, 1.165) is 146 Å². The molecule has 0 bridgehead atoms. The van der Waals surface area contributed by atoms with Crippen LogP contribution in [0.15, 0.2) is 182 Å². The number of ether oxygens (including phenoxy) is 4. The second-order valence-electron chi connectivity index (χ2n) is 23.8. The molecule has 2 fully saturated rings. The van der Waals surface area contributed by atoms with Gasteiger partial charge >= 0.3 is 11.5 Å². The van der Waals surface area contributed by atoms with Gasteiger partial charge in [-0.1, -0.05) is 83.9 Å². The summed E-state index contributed by atoms with van der Waals surface area (Å²) >= 11 is 4.99. The van der Waals surface area contributed by atoms with E-state index >= 15 is 0 Å². The summed E-state index contributed by atoms with van der Waals surface area (Å²) in [5, 5.41) is 2.80. The quantitative estimate of drug-likeness (QED) is 0.0737. The maximum atomic E-state index is 13.7. The minimum Gasteiger partial charge on any atom is -0.489 e. The molecule has 472 valence electrons. The summed E-state index contributed by atoms with van der Waals surface area (Å²) in [6, 6.07) is 58.5. The van der Waals surface area contributed by atoms with Crippen LogP contribution in [-0.2, 0) is 25.9 Å². The Morgan fingerprint density at radius 3 is 1.37 bits per heavy atom. The molecule has 0 aliphatic carbocycles. The lowest BCUT2D eigenvalue weighted by atomic mass is 10.1. The summed E-state index contributed by atoms with van der Waals surface area (Å²) in [5.74, 6) is 2.88. The van der Waals surface area contributed by atoms with Gasteiger partial charge in [0.25, 0.3) is 11.8 Å². The number of aryl methyl sites for hydroxylation is 2. The molecule has 17 heteroatoms. The molecule has 0 spiro atoms. The summed E-state index contributed by atoms with van der Waals surface area (Å²) in [6.07, 6.45) is 1.30. The number of para-hydroxylation sites is 4. The monoisotopic (exact) mass is 1240 g/mol. The number of rotatable bonds is 15. The summed E-state index contributed by atoms with van der Waals surface area (Å²) in [4.78, 5) is 63.0. The smallest absolute Gasteiger partial charge is 0.417 e. The molecule has 4 heterocycles. The van der Waals surface area contributed by atoms with Crippen molar-refractivity contribution in [3.05, 3.63) is 226 Å². The molecule has 8 aromatic carbocycles. The number of nitrogens with two attached hydrogens (primary N) is 1. The minimum atomic E-state index is -0.811. The van der Waals surface area contributed by atoms with Crippen LogP contribution in [0, 0.1) is 13.8 Å². The van der Waals surface area contributed by atoms with Crippen molar-refractivity contribution in [1.82, 2.24) is 9.80 Å². The Bertz CT molecular complexity index is 3810. The number of fused-ring (bicyclic) bond motifs is 2. The molecule has 0 saturated carbocycles. The number of carbonyl (C=O) groups excluding carboxylic acids is 4. The highest BCUT2D eigenvalue weighted by Crippen LogP contribution is 2.35. The molecule has 8 aromatic rings. The molecule has 0 atom stereocenters. The number of nitrogens with one attached hydrogen (secondary N) is 1. The molecule has 0 unspecified atom stereocenters. The molecule has 2 saturated heterocycles. The van der Waals surface area contributed by atoms with Gasteiger partial charge in [-0.25, -0.2) is 9.59 Å². The first-order valence-electron chi connectivity index (χ1n) is 31.3. The van der Waals surface area contributed by atoms with E-state index in [0.29, 0.717) is 35.8 Å². The van der Waals surface area contributed by atoms with Crippen LogP contribution in [0.4, 0.5) is 43.7 Å². The largest absolute Gasteiger partial charge is 0.489 e. The number of hydrogen-bond acceptors (Lipinski definition) is 13. The molecule has 3 amide bonds. The maximum absolute atomic E-state index is 13.7. The van der Waals surface area contributed by atoms with Crippen molar-refractivity contribution in [3.63, 3.8) is 0 Å². The van der Waals surface area contributed by atoms with Gasteiger partial charge in [0.1, 0.15) is 23.0 Å². The second-order valence-corrected chi connectivity index (χ2v) is 24.1.